The van der Waals surface area contributed by atoms with E-state index in [2.05, 4.69) is 9.47 Å². The maximum atomic E-state index is 12.6. The van der Waals surface area contributed by atoms with E-state index < -0.39 is 23.6 Å². The van der Waals surface area contributed by atoms with Crippen molar-refractivity contribution in [3.05, 3.63) is 29.8 Å². The lowest BCUT2D eigenvalue weighted by Crippen LogP contribution is -2.15. The van der Waals surface area contributed by atoms with E-state index in [0.717, 1.165) is 18.6 Å². The van der Waals surface area contributed by atoms with Crippen molar-refractivity contribution < 1.29 is 27.4 Å². The number of unbranched alkanes of at least 4 members (excludes halogenated alkanes) is 1. The van der Waals surface area contributed by atoms with Crippen LogP contribution in [0.1, 0.15) is 25.3 Å². The summed E-state index contributed by atoms with van der Waals surface area (Å²) in [6.45, 7) is 2.02. The molecule has 0 aromatic heterocycles. The first kappa shape index (κ1) is 14.3. The van der Waals surface area contributed by atoms with Crippen LogP contribution in [0.3, 0.4) is 0 Å². The Bertz CT molecular complexity index is 402. The van der Waals surface area contributed by atoms with Gasteiger partial charge in [-0.05, 0) is 18.6 Å². The van der Waals surface area contributed by atoms with Crippen molar-refractivity contribution in [1.29, 1.82) is 0 Å². The molecule has 0 fully saturated rings. The second-order valence-corrected chi connectivity index (χ2v) is 3.55. The van der Waals surface area contributed by atoms with E-state index in [4.69, 9.17) is 0 Å². The zero-order valence-corrected chi connectivity index (χ0v) is 9.79. The van der Waals surface area contributed by atoms with Crippen LogP contribution < -0.4 is 4.74 Å². The Morgan fingerprint density at radius 3 is 2.56 bits per heavy atom. The molecule has 3 nitrogen and oxygen atoms in total. The molecule has 1 aromatic carbocycles. The number of hydrogen-bond donors (Lipinski definition) is 0. The van der Waals surface area contributed by atoms with Crippen molar-refractivity contribution in [3.63, 3.8) is 0 Å². The molecule has 18 heavy (non-hydrogen) atoms. The third-order valence-corrected chi connectivity index (χ3v) is 2.10. The summed E-state index contributed by atoms with van der Waals surface area (Å²) in [6.07, 6.45) is -4.25. The molecule has 0 bridgehead atoms. The lowest BCUT2D eigenvalue weighted by Gasteiger charge is -2.12. The van der Waals surface area contributed by atoms with E-state index in [1.54, 1.807) is 0 Å². The fraction of sp³-hybridized carbons (Fsp3) is 0.417. The van der Waals surface area contributed by atoms with Crippen molar-refractivity contribution in [3.8, 4) is 5.75 Å². The van der Waals surface area contributed by atoms with E-state index in [0.29, 0.717) is 6.42 Å². The lowest BCUT2D eigenvalue weighted by molar-refractivity contribution is -0.138. The Kier molecular flexibility index (Phi) is 5.00. The van der Waals surface area contributed by atoms with E-state index in [1.807, 2.05) is 6.92 Å². The van der Waals surface area contributed by atoms with E-state index in [9.17, 15) is 18.0 Å². The second-order valence-electron chi connectivity index (χ2n) is 3.55. The van der Waals surface area contributed by atoms with Gasteiger partial charge >= 0.3 is 12.3 Å². The van der Waals surface area contributed by atoms with Crippen LogP contribution in [0, 0.1) is 0 Å². The average molecular weight is 262 g/mol. The monoisotopic (exact) mass is 262 g/mol. The quantitative estimate of drug-likeness (QED) is 0.467. The zero-order chi connectivity index (χ0) is 13.6. The molecule has 0 N–H and O–H groups in total. The summed E-state index contributed by atoms with van der Waals surface area (Å²) in [5, 5.41) is 0. The maximum absolute atomic E-state index is 12.6. The Morgan fingerprint density at radius 2 is 1.94 bits per heavy atom. The normalized spacial score (nSPS) is 11.1. The molecule has 6 heteroatoms. The number of alkyl halides is 3. The highest BCUT2D eigenvalue weighted by Crippen LogP contribution is 2.35. The van der Waals surface area contributed by atoms with Gasteiger partial charge in [0.2, 0.25) is 0 Å². The van der Waals surface area contributed by atoms with Crippen LogP contribution in [0.4, 0.5) is 18.0 Å². The molecular weight excluding hydrogens is 249 g/mol. The molecule has 0 heterocycles. The van der Waals surface area contributed by atoms with Crippen LogP contribution in [-0.2, 0) is 10.9 Å². The van der Waals surface area contributed by atoms with Gasteiger partial charge in [-0.3, -0.25) is 0 Å². The summed E-state index contributed by atoms with van der Waals surface area (Å²) in [6, 6.07) is 4.49. The number of halogens is 3. The van der Waals surface area contributed by atoms with Crippen molar-refractivity contribution in [2.24, 2.45) is 0 Å². The first-order valence-electron chi connectivity index (χ1n) is 5.46. The average Bonchev–Trinajstić information content (AvgIpc) is 2.28. The summed E-state index contributed by atoms with van der Waals surface area (Å²) >= 11 is 0. The number of ether oxygens (including phenoxy) is 2. The number of para-hydroxylation sites is 1. The molecule has 0 aliphatic carbocycles. The van der Waals surface area contributed by atoms with Gasteiger partial charge in [-0.15, -0.1) is 0 Å². The molecule has 1 aromatic rings. The topological polar surface area (TPSA) is 35.5 Å². The highest BCUT2D eigenvalue weighted by Gasteiger charge is 2.34. The minimum absolute atomic E-state index is 0.128. The summed E-state index contributed by atoms with van der Waals surface area (Å²) < 4.78 is 46.9. The first-order chi connectivity index (χ1) is 8.45. The fourth-order valence-electron chi connectivity index (χ4n) is 1.21. The number of benzene rings is 1. The molecule has 0 amide bonds. The molecule has 0 spiro atoms. The third-order valence-electron chi connectivity index (χ3n) is 2.10. The van der Waals surface area contributed by atoms with E-state index in [1.165, 1.54) is 12.1 Å². The number of carbonyl (C=O) groups is 1. The van der Waals surface area contributed by atoms with Crippen LogP contribution in [0.25, 0.3) is 0 Å². The van der Waals surface area contributed by atoms with Gasteiger partial charge in [-0.1, -0.05) is 25.5 Å². The maximum Gasteiger partial charge on any atom is 0.513 e. The van der Waals surface area contributed by atoms with Crippen molar-refractivity contribution in [1.82, 2.24) is 0 Å². The van der Waals surface area contributed by atoms with E-state index >= 15 is 0 Å². The standard InChI is InChI=1S/C12H13F3O3/c1-2-3-8-17-11(16)18-10-7-5-4-6-9(10)12(13,14)15/h4-7H,2-3,8H2,1H3. The smallest absolute Gasteiger partial charge is 0.434 e. The molecular formula is C12H13F3O3. The van der Waals surface area contributed by atoms with Crippen molar-refractivity contribution in [2.75, 3.05) is 6.61 Å². The highest BCUT2D eigenvalue weighted by molar-refractivity contribution is 5.64. The minimum atomic E-state index is -4.57. The molecule has 100 valence electrons. The minimum Gasteiger partial charge on any atom is -0.434 e. The number of hydrogen-bond acceptors (Lipinski definition) is 3. The largest absolute Gasteiger partial charge is 0.513 e. The number of carbonyl (C=O) groups excluding carboxylic acids is 1. The molecule has 0 aliphatic rings. The van der Waals surface area contributed by atoms with Crippen molar-refractivity contribution in [2.45, 2.75) is 25.9 Å². The van der Waals surface area contributed by atoms with Crippen LogP contribution in [0.2, 0.25) is 0 Å². The third kappa shape index (κ3) is 4.27. The fourth-order valence-corrected chi connectivity index (χ4v) is 1.21. The van der Waals surface area contributed by atoms with Crippen LogP contribution >= 0.6 is 0 Å². The Hall–Kier alpha value is -1.72. The van der Waals surface area contributed by atoms with Gasteiger partial charge in [-0.25, -0.2) is 4.79 Å². The summed E-state index contributed by atoms with van der Waals surface area (Å²) in [5.41, 5.74) is -1.00. The highest BCUT2D eigenvalue weighted by atomic mass is 19.4. The van der Waals surface area contributed by atoms with Crippen LogP contribution in [0.15, 0.2) is 24.3 Å². The van der Waals surface area contributed by atoms with Crippen LogP contribution in [-0.4, -0.2) is 12.8 Å². The summed E-state index contributed by atoms with van der Waals surface area (Å²) in [7, 11) is 0. The van der Waals surface area contributed by atoms with Crippen LogP contribution in [0.5, 0.6) is 5.75 Å². The van der Waals surface area contributed by atoms with Gasteiger partial charge in [-0.2, -0.15) is 13.2 Å². The molecule has 0 radical (unpaired) electrons. The van der Waals surface area contributed by atoms with Gasteiger partial charge in [0, 0.05) is 0 Å². The Morgan fingerprint density at radius 1 is 1.28 bits per heavy atom. The van der Waals surface area contributed by atoms with Gasteiger partial charge < -0.3 is 9.47 Å². The molecule has 1 rings (SSSR count). The summed E-state index contributed by atoms with van der Waals surface area (Å²) in [5.74, 6) is -0.550. The number of rotatable bonds is 4. The SMILES string of the molecule is CCCCOC(=O)Oc1ccccc1C(F)(F)F. The Balaban J connectivity index is 2.70. The van der Waals surface area contributed by atoms with Gasteiger partial charge in [0.05, 0.1) is 12.2 Å². The van der Waals surface area contributed by atoms with E-state index in [-0.39, 0.29) is 6.61 Å². The predicted octanol–water partition coefficient (Wildman–Crippen LogP) is 4.02. The zero-order valence-electron chi connectivity index (χ0n) is 9.79. The molecule has 0 atom stereocenters. The molecule has 0 saturated carbocycles. The summed E-state index contributed by atoms with van der Waals surface area (Å²) in [4.78, 5) is 11.2. The predicted molar refractivity (Wildman–Crippen MR) is 58.3 cm³/mol. The first-order valence-corrected chi connectivity index (χ1v) is 5.46. The molecule has 0 saturated heterocycles. The second kappa shape index (κ2) is 6.28. The lowest BCUT2D eigenvalue weighted by atomic mass is 10.2. The molecule has 0 aliphatic heterocycles. The van der Waals surface area contributed by atoms with Gasteiger partial charge in [0.25, 0.3) is 0 Å². The van der Waals surface area contributed by atoms with Gasteiger partial charge in [0.15, 0.2) is 0 Å². The van der Waals surface area contributed by atoms with Gasteiger partial charge in [0.1, 0.15) is 5.75 Å². The molecule has 0 unspecified atom stereocenters. The van der Waals surface area contributed by atoms with Crippen molar-refractivity contribution >= 4 is 6.16 Å². The Labute approximate surface area is 103 Å².